The molecular formula is C14H21N3O4S. The third kappa shape index (κ3) is 3.63. The van der Waals surface area contributed by atoms with Gasteiger partial charge in [0, 0.05) is 31.3 Å². The average Bonchev–Trinajstić information content (AvgIpc) is 2.41. The fraction of sp³-hybridized carbons (Fsp3) is 0.571. The zero-order valence-electron chi connectivity index (χ0n) is 12.7. The molecule has 1 unspecified atom stereocenters. The van der Waals surface area contributed by atoms with Crippen molar-refractivity contribution in [2.75, 3.05) is 13.1 Å². The number of hydrogen-bond acceptors (Lipinski definition) is 5. The van der Waals surface area contributed by atoms with E-state index in [4.69, 9.17) is 5.73 Å². The number of nitro groups is 1. The second-order valence-corrected chi connectivity index (χ2v) is 8.37. The minimum atomic E-state index is -3.52. The van der Waals surface area contributed by atoms with Gasteiger partial charge in [0.15, 0.2) is 0 Å². The third-order valence-electron chi connectivity index (χ3n) is 4.14. The number of benzene rings is 1. The van der Waals surface area contributed by atoms with Crippen LogP contribution in [0.4, 0.5) is 5.69 Å². The lowest BCUT2D eigenvalue weighted by atomic mass is 9.81. The molecule has 0 saturated carbocycles. The molecule has 0 aliphatic carbocycles. The predicted molar refractivity (Wildman–Crippen MR) is 83.7 cm³/mol. The Morgan fingerprint density at radius 1 is 1.45 bits per heavy atom. The molecule has 8 heteroatoms. The lowest BCUT2D eigenvalue weighted by Gasteiger charge is -2.41. The zero-order chi connectivity index (χ0) is 16.5. The summed E-state index contributed by atoms with van der Waals surface area (Å²) in [6.45, 7) is 4.66. The second-order valence-electron chi connectivity index (χ2n) is 6.40. The summed E-state index contributed by atoms with van der Waals surface area (Å²) in [6.07, 6.45) is 0.612. The van der Waals surface area contributed by atoms with Gasteiger partial charge in [-0.15, -0.1) is 0 Å². The molecule has 0 bridgehead atoms. The lowest BCUT2D eigenvalue weighted by molar-refractivity contribution is -0.384. The number of rotatable bonds is 4. The number of piperidine rings is 1. The van der Waals surface area contributed by atoms with Crippen LogP contribution in [0.15, 0.2) is 24.3 Å². The summed E-state index contributed by atoms with van der Waals surface area (Å²) >= 11 is 0. The molecule has 0 aromatic heterocycles. The molecule has 0 spiro atoms. The fourth-order valence-electron chi connectivity index (χ4n) is 2.62. The van der Waals surface area contributed by atoms with Gasteiger partial charge in [-0.05, 0) is 17.4 Å². The molecule has 2 N–H and O–H groups in total. The molecule has 1 heterocycles. The first-order valence-corrected chi connectivity index (χ1v) is 8.69. The van der Waals surface area contributed by atoms with Crippen LogP contribution in [0.2, 0.25) is 0 Å². The third-order valence-corrected chi connectivity index (χ3v) is 5.94. The van der Waals surface area contributed by atoms with Crippen LogP contribution in [0, 0.1) is 15.5 Å². The number of nitrogens with zero attached hydrogens (tertiary/aromatic N) is 2. The van der Waals surface area contributed by atoms with E-state index in [-0.39, 0.29) is 22.9 Å². The second kappa shape index (κ2) is 5.94. The van der Waals surface area contributed by atoms with Crippen molar-refractivity contribution in [3.8, 4) is 0 Å². The fourth-order valence-corrected chi connectivity index (χ4v) is 4.32. The summed E-state index contributed by atoms with van der Waals surface area (Å²) in [5, 5.41) is 10.8. The highest BCUT2D eigenvalue weighted by molar-refractivity contribution is 7.88. The molecule has 1 saturated heterocycles. The van der Waals surface area contributed by atoms with Crippen molar-refractivity contribution in [1.29, 1.82) is 0 Å². The molecule has 7 nitrogen and oxygen atoms in total. The number of sulfonamides is 1. The van der Waals surface area contributed by atoms with Gasteiger partial charge in [0.05, 0.1) is 10.7 Å². The zero-order valence-corrected chi connectivity index (χ0v) is 13.5. The van der Waals surface area contributed by atoms with Crippen molar-refractivity contribution >= 4 is 15.7 Å². The van der Waals surface area contributed by atoms with E-state index in [0.717, 1.165) is 0 Å². The molecule has 1 aromatic rings. The van der Waals surface area contributed by atoms with Crippen molar-refractivity contribution in [1.82, 2.24) is 4.31 Å². The van der Waals surface area contributed by atoms with E-state index in [2.05, 4.69) is 0 Å². The number of nitro benzene ring substituents is 1. The SMILES string of the molecule is CC1(C)CN(S(=O)(=O)Cc2cccc([N+](=O)[O-])c2)CCC1N. The van der Waals surface area contributed by atoms with Gasteiger partial charge >= 0.3 is 0 Å². The van der Waals surface area contributed by atoms with Crippen LogP contribution >= 0.6 is 0 Å². The first kappa shape index (κ1) is 16.9. The monoisotopic (exact) mass is 327 g/mol. The van der Waals surface area contributed by atoms with Crippen molar-refractivity contribution < 1.29 is 13.3 Å². The quantitative estimate of drug-likeness (QED) is 0.666. The summed E-state index contributed by atoms with van der Waals surface area (Å²) in [5.74, 6) is -0.236. The average molecular weight is 327 g/mol. The van der Waals surface area contributed by atoms with Gasteiger partial charge in [-0.1, -0.05) is 26.0 Å². The summed E-state index contributed by atoms with van der Waals surface area (Å²) in [6, 6.07) is 5.71. The first-order valence-electron chi connectivity index (χ1n) is 7.08. The first-order chi connectivity index (χ1) is 10.1. The molecule has 1 aliphatic heterocycles. The Balaban J connectivity index is 2.18. The molecule has 22 heavy (non-hydrogen) atoms. The van der Waals surface area contributed by atoms with Crippen molar-refractivity contribution in [2.24, 2.45) is 11.1 Å². The van der Waals surface area contributed by atoms with E-state index in [9.17, 15) is 18.5 Å². The Labute approximate surface area is 130 Å². The van der Waals surface area contributed by atoms with E-state index >= 15 is 0 Å². The topological polar surface area (TPSA) is 107 Å². The summed E-state index contributed by atoms with van der Waals surface area (Å²) in [4.78, 5) is 10.2. The number of non-ortho nitro benzene ring substituents is 1. The Bertz CT molecular complexity index is 672. The van der Waals surface area contributed by atoms with Crippen molar-refractivity contribution in [2.45, 2.75) is 32.1 Å². The minimum Gasteiger partial charge on any atom is -0.327 e. The Morgan fingerprint density at radius 2 is 2.14 bits per heavy atom. The molecule has 1 atom stereocenters. The normalized spacial score (nSPS) is 22.4. The highest BCUT2D eigenvalue weighted by Gasteiger charge is 2.38. The van der Waals surface area contributed by atoms with Gasteiger partial charge < -0.3 is 5.73 Å². The highest BCUT2D eigenvalue weighted by Crippen LogP contribution is 2.30. The van der Waals surface area contributed by atoms with E-state index in [1.54, 1.807) is 6.07 Å². The Morgan fingerprint density at radius 3 is 2.73 bits per heavy atom. The van der Waals surface area contributed by atoms with Crippen LogP contribution < -0.4 is 5.73 Å². The highest BCUT2D eigenvalue weighted by atomic mass is 32.2. The maximum atomic E-state index is 12.5. The largest absolute Gasteiger partial charge is 0.327 e. The summed E-state index contributed by atoms with van der Waals surface area (Å²) < 4.78 is 26.5. The van der Waals surface area contributed by atoms with Gasteiger partial charge in [0.25, 0.3) is 5.69 Å². The molecule has 122 valence electrons. The van der Waals surface area contributed by atoms with Gasteiger partial charge in [-0.2, -0.15) is 0 Å². The van der Waals surface area contributed by atoms with Gasteiger partial charge in [-0.25, -0.2) is 12.7 Å². The van der Waals surface area contributed by atoms with Crippen molar-refractivity contribution in [3.63, 3.8) is 0 Å². The van der Waals surface area contributed by atoms with Crippen LogP contribution in [-0.2, 0) is 15.8 Å². The standard InChI is InChI=1S/C14H21N3O4S/c1-14(2)10-16(7-6-13(14)15)22(20,21)9-11-4-3-5-12(8-11)17(18)19/h3-5,8,13H,6-7,9-10,15H2,1-2H3. The predicted octanol–water partition coefficient (Wildman–Crippen LogP) is 1.48. The molecule has 0 radical (unpaired) electrons. The molecule has 1 aliphatic rings. The van der Waals surface area contributed by atoms with E-state index < -0.39 is 14.9 Å². The van der Waals surface area contributed by atoms with Crippen LogP contribution in [-0.4, -0.2) is 36.8 Å². The molecular weight excluding hydrogens is 306 g/mol. The van der Waals surface area contributed by atoms with Crippen LogP contribution in [0.5, 0.6) is 0 Å². The maximum absolute atomic E-state index is 12.5. The summed E-state index contributed by atoms with van der Waals surface area (Å²) in [7, 11) is -3.52. The number of hydrogen-bond donors (Lipinski definition) is 1. The molecule has 1 aromatic carbocycles. The molecule has 0 amide bonds. The summed E-state index contributed by atoms with van der Waals surface area (Å²) in [5.41, 5.74) is 6.06. The van der Waals surface area contributed by atoms with E-state index in [0.29, 0.717) is 25.1 Å². The maximum Gasteiger partial charge on any atom is 0.269 e. The minimum absolute atomic E-state index is 0.0308. The van der Waals surface area contributed by atoms with E-state index in [1.807, 2.05) is 13.8 Å². The van der Waals surface area contributed by atoms with Crippen LogP contribution in [0.3, 0.4) is 0 Å². The van der Waals surface area contributed by atoms with E-state index in [1.165, 1.54) is 22.5 Å². The van der Waals surface area contributed by atoms with Gasteiger partial charge in [-0.3, -0.25) is 10.1 Å². The van der Waals surface area contributed by atoms with Crippen LogP contribution in [0.25, 0.3) is 0 Å². The number of nitrogens with two attached hydrogens (primary N) is 1. The molecule has 1 fully saturated rings. The van der Waals surface area contributed by atoms with Gasteiger partial charge in [0.2, 0.25) is 10.0 Å². The molecule has 2 rings (SSSR count). The van der Waals surface area contributed by atoms with Crippen molar-refractivity contribution in [3.05, 3.63) is 39.9 Å². The Kier molecular flexibility index (Phi) is 4.55. The smallest absolute Gasteiger partial charge is 0.269 e. The van der Waals surface area contributed by atoms with Gasteiger partial charge in [0.1, 0.15) is 0 Å². The van der Waals surface area contributed by atoms with Crippen LogP contribution in [0.1, 0.15) is 25.8 Å². The lowest BCUT2D eigenvalue weighted by Crippen LogP contribution is -2.54. The Hall–Kier alpha value is -1.51.